The number of benzene rings is 3. The Kier molecular flexibility index (Phi) is 5.70. The third kappa shape index (κ3) is 4.22. The number of halogens is 4. The Morgan fingerprint density at radius 3 is 1.91 bits per heavy atom. The van der Waals surface area contributed by atoms with Gasteiger partial charge in [0.2, 0.25) is 5.91 Å². The summed E-state index contributed by atoms with van der Waals surface area (Å²) in [4.78, 5) is 29.3. The van der Waals surface area contributed by atoms with Crippen LogP contribution >= 0.6 is 0 Å². The van der Waals surface area contributed by atoms with E-state index in [9.17, 15) is 27.2 Å². The topological polar surface area (TPSA) is 49.9 Å². The van der Waals surface area contributed by atoms with Crippen LogP contribution in [0.5, 0.6) is 11.5 Å². The molecule has 1 saturated heterocycles. The zero-order chi connectivity index (χ0) is 24.7. The predicted molar refractivity (Wildman–Crippen MR) is 119 cm³/mol. The number of carbonyl (C=O) groups is 2. The minimum Gasteiger partial charge on any atom is -0.457 e. The summed E-state index contributed by atoms with van der Waals surface area (Å²) in [7, 11) is 0. The second-order valence-electron chi connectivity index (χ2n) is 8.42. The summed E-state index contributed by atoms with van der Waals surface area (Å²) in [5, 5.41) is 0. The molecule has 35 heavy (non-hydrogen) atoms. The van der Waals surface area contributed by atoms with E-state index < -0.39 is 34.9 Å². The van der Waals surface area contributed by atoms with Crippen LogP contribution in [0.15, 0.2) is 66.7 Å². The van der Waals surface area contributed by atoms with Crippen molar-refractivity contribution in [1.29, 1.82) is 0 Å². The van der Waals surface area contributed by atoms with Gasteiger partial charge in [-0.15, -0.1) is 0 Å². The molecule has 0 bridgehead atoms. The molecule has 3 aromatic rings. The Hall–Kier alpha value is -3.88. The summed E-state index contributed by atoms with van der Waals surface area (Å²) >= 11 is 0. The van der Waals surface area contributed by atoms with Crippen LogP contribution in [0.2, 0.25) is 0 Å². The van der Waals surface area contributed by atoms with E-state index in [4.69, 9.17) is 4.74 Å². The minimum absolute atomic E-state index is 0.0326. The first kappa shape index (κ1) is 22.9. The summed E-state index contributed by atoms with van der Waals surface area (Å²) in [5.74, 6) is -1.44. The molecule has 5 rings (SSSR count). The van der Waals surface area contributed by atoms with Gasteiger partial charge in [-0.25, -0.2) is 4.39 Å². The third-order valence-electron chi connectivity index (χ3n) is 6.32. The second kappa shape index (κ2) is 8.72. The monoisotopic (exact) mass is 484 g/mol. The van der Waals surface area contributed by atoms with E-state index in [2.05, 4.69) is 0 Å². The molecule has 2 heterocycles. The van der Waals surface area contributed by atoms with Gasteiger partial charge in [-0.1, -0.05) is 36.4 Å². The Labute approximate surface area is 198 Å². The Balaban J connectivity index is 1.36. The van der Waals surface area contributed by atoms with Crippen LogP contribution in [0.1, 0.15) is 33.0 Å². The Morgan fingerprint density at radius 1 is 0.800 bits per heavy atom. The van der Waals surface area contributed by atoms with Crippen molar-refractivity contribution in [2.45, 2.75) is 12.1 Å². The third-order valence-corrected chi connectivity index (χ3v) is 6.32. The molecule has 0 N–H and O–H groups in total. The van der Waals surface area contributed by atoms with Crippen LogP contribution in [0.4, 0.5) is 17.6 Å². The molecule has 0 spiro atoms. The highest BCUT2D eigenvalue weighted by atomic mass is 19.4. The lowest BCUT2D eigenvalue weighted by molar-refractivity contribution is -0.138. The number of hydrogen-bond acceptors (Lipinski definition) is 3. The van der Waals surface area contributed by atoms with E-state index in [0.29, 0.717) is 29.7 Å². The van der Waals surface area contributed by atoms with Gasteiger partial charge in [0.1, 0.15) is 17.3 Å². The minimum atomic E-state index is -4.79. The number of piperazine rings is 1. The van der Waals surface area contributed by atoms with E-state index in [0.717, 1.165) is 11.1 Å². The summed E-state index contributed by atoms with van der Waals surface area (Å²) in [6.45, 7) is 0.349. The molecule has 5 nitrogen and oxygen atoms in total. The van der Waals surface area contributed by atoms with Gasteiger partial charge < -0.3 is 14.5 Å². The molecular formula is C26H20F4N2O3. The molecule has 2 amide bonds. The molecule has 2 aliphatic rings. The first-order chi connectivity index (χ1) is 16.7. The van der Waals surface area contributed by atoms with Gasteiger partial charge in [0.15, 0.2) is 0 Å². The quantitative estimate of drug-likeness (QED) is 0.478. The maximum Gasteiger partial charge on any atom is 0.417 e. The van der Waals surface area contributed by atoms with Crippen LogP contribution in [-0.4, -0.2) is 47.8 Å². The fourth-order valence-electron chi connectivity index (χ4n) is 4.60. The molecule has 9 heteroatoms. The van der Waals surface area contributed by atoms with Gasteiger partial charge in [-0.05, 0) is 30.3 Å². The van der Waals surface area contributed by atoms with E-state index >= 15 is 0 Å². The van der Waals surface area contributed by atoms with Gasteiger partial charge >= 0.3 is 6.18 Å². The number of fused-ring (bicyclic) bond motifs is 2. The second-order valence-corrected chi connectivity index (χ2v) is 8.42. The number of alkyl halides is 3. The van der Waals surface area contributed by atoms with E-state index in [1.54, 1.807) is 17.0 Å². The molecule has 0 aromatic heterocycles. The van der Waals surface area contributed by atoms with Crippen LogP contribution in [0.25, 0.3) is 0 Å². The SMILES string of the molecule is O=C(c1cc(F)ccc1C(F)(F)F)N1CCN(C(=O)C2c3ccccc3Oc3ccccc32)CC1. The normalized spacial score (nSPS) is 15.8. The van der Waals surface area contributed by atoms with E-state index in [-0.39, 0.29) is 32.1 Å². The highest BCUT2D eigenvalue weighted by molar-refractivity contribution is 5.96. The number of nitrogens with zero attached hydrogens (tertiary/aromatic N) is 2. The van der Waals surface area contributed by atoms with Gasteiger partial charge in [0, 0.05) is 37.3 Å². The first-order valence-electron chi connectivity index (χ1n) is 11.0. The summed E-state index contributed by atoms with van der Waals surface area (Å²) in [5.41, 5.74) is -0.462. The molecule has 0 aliphatic carbocycles. The molecule has 1 fully saturated rings. The lowest BCUT2D eigenvalue weighted by Crippen LogP contribution is -2.52. The van der Waals surface area contributed by atoms with Crippen LogP contribution < -0.4 is 4.74 Å². The molecule has 0 atom stereocenters. The lowest BCUT2D eigenvalue weighted by atomic mass is 9.86. The van der Waals surface area contributed by atoms with Crippen LogP contribution in [-0.2, 0) is 11.0 Å². The molecule has 0 unspecified atom stereocenters. The number of carbonyl (C=O) groups excluding carboxylic acids is 2. The lowest BCUT2D eigenvalue weighted by Gasteiger charge is -2.38. The summed E-state index contributed by atoms with van der Waals surface area (Å²) in [6, 6.07) is 16.4. The van der Waals surface area contributed by atoms with Crippen molar-refractivity contribution in [3.8, 4) is 11.5 Å². The van der Waals surface area contributed by atoms with E-state index in [1.165, 1.54) is 4.90 Å². The van der Waals surface area contributed by atoms with Crippen LogP contribution in [0.3, 0.4) is 0 Å². The number of amides is 2. The molecule has 3 aromatic carbocycles. The average Bonchev–Trinajstić information content (AvgIpc) is 2.85. The van der Waals surface area contributed by atoms with Crippen molar-refractivity contribution in [2.75, 3.05) is 26.2 Å². The Bertz CT molecular complexity index is 1250. The zero-order valence-corrected chi connectivity index (χ0v) is 18.4. The largest absolute Gasteiger partial charge is 0.457 e. The number of para-hydroxylation sites is 2. The highest BCUT2D eigenvalue weighted by Gasteiger charge is 2.39. The average molecular weight is 484 g/mol. The van der Waals surface area contributed by atoms with Crippen molar-refractivity contribution < 1.29 is 31.9 Å². The van der Waals surface area contributed by atoms with Gasteiger partial charge in [0.05, 0.1) is 17.0 Å². The number of ether oxygens (including phenoxy) is 1. The fraction of sp³-hybridized carbons (Fsp3) is 0.231. The number of rotatable bonds is 2. The molecule has 2 aliphatic heterocycles. The fourth-order valence-corrected chi connectivity index (χ4v) is 4.60. The maximum absolute atomic E-state index is 13.7. The van der Waals surface area contributed by atoms with Gasteiger partial charge in [-0.2, -0.15) is 13.2 Å². The highest BCUT2D eigenvalue weighted by Crippen LogP contribution is 2.44. The molecule has 180 valence electrons. The maximum atomic E-state index is 13.7. The smallest absolute Gasteiger partial charge is 0.417 e. The molecule has 0 radical (unpaired) electrons. The van der Waals surface area contributed by atoms with Gasteiger partial charge in [-0.3, -0.25) is 9.59 Å². The molecular weight excluding hydrogens is 464 g/mol. The van der Waals surface area contributed by atoms with Crippen molar-refractivity contribution in [2.24, 2.45) is 0 Å². The number of hydrogen-bond donors (Lipinski definition) is 0. The van der Waals surface area contributed by atoms with Gasteiger partial charge in [0.25, 0.3) is 5.91 Å². The summed E-state index contributed by atoms with van der Waals surface area (Å²) in [6.07, 6.45) is -4.79. The van der Waals surface area contributed by atoms with Crippen molar-refractivity contribution in [1.82, 2.24) is 9.80 Å². The van der Waals surface area contributed by atoms with Crippen LogP contribution in [0, 0.1) is 5.82 Å². The Morgan fingerprint density at radius 2 is 1.34 bits per heavy atom. The summed E-state index contributed by atoms with van der Waals surface area (Å²) < 4.78 is 59.7. The molecule has 0 saturated carbocycles. The standard InChI is InChI=1S/C26H20F4N2O3/c27-16-9-10-20(26(28,29)30)19(15-16)24(33)31-11-13-32(14-12-31)25(34)23-17-5-1-3-7-21(17)35-22-8-4-2-6-18(22)23/h1-10,15,23H,11-14H2. The van der Waals surface area contributed by atoms with E-state index in [1.807, 2.05) is 36.4 Å². The van der Waals surface area contributed by atoms with Crippen molar-refractivity contribution in [3.63, 3.8) is 0 Å². The zero-order valence-electron chi connectivity index (χ0n) is 18.4. The predicted octanol–water partition coefficient (Wildman–Crippen LogP) is 5.07. The van der Waals surface area contributed by atoms with Crippen molar-refractivity contribution >= 4 is 11.8 Å². The van der Waals surface area contributed by atoms with Crippen molar-refractivity contribution in [3.05, 3.63) is 94.8 Å². The first-order valence-corrected chi connectivity index (χ1v) is 11.0.